The molecule has 2 fully saturated rings. The molecular formula is C19H31N5O. The maximum absolute atomic E-state index is 12.3. The number of nitrogens with zero attached hydrogens (tertiary/aromatic N) is 3. The van der Waals surface area contributed by atoms with Crippen LogP contribution in [0.5, 0.6) is 0 Å². The molecule has 0 aromatic carbocycles. The Morgan fingerprint density at radius 2 is 1.84 bits per heavy atom. The van der Waals surface area contributed by atoms with Gasteiger partial charge in [-0.25, -0.2) is 4.98 Å². The van der Waals surface area contributed by atoms with Crippen molar-refractivity contribution in [1.82, 2.24) is 20.5 Å². The summed E-state index contributed by atoms with van der Waals surface area (Å²) in [5.74, 6) is 0.979. The highest BCUT2D eigenvalue weighted by molar-refractivity contribution is 5.94. The molecule has 6 heteroatoms. The highest BCUT2D eigenvalue weighted by atomic mass is 16.1. The van der Waals surface area contributed by atoms with Crippen molar-refractivity contribution in [1.29, 1.82) is 0 Å². The molecule has 25 heavy (non-hydrogen) atoms. The molecule has 3 heterocycles. The fourth-order valence-corrected chi connectivity index (χ4v) is 3.55. The number of piperazine rings is 1. The van der Waals surface area contributed by atoms with Gasteiger partial charge in [0.1, 0.15) is 5.82 Å². The Morgan fingerprint density at radius 3 is 2.52 bits per heavy atom. The number of carbonyl (C=O) groups excluding carboxylic acids is 1. The molecular weight excluding hydrogens is 314 g/mol. The number of rotatable bonds is 6. The van der Waals surface area contributed by atoms with Crippen LogP contribution in [0.3, 0.4) is 0 Å². The number of nitrogens with one attached hydrogen (secondary N) is 2. The minimum Gasteiger partial charge on any atom is -0.357 e. The van der Waals surface area contributed by atoms with Gasteiger partial charge in [0.2, 0.25) is 0 Å². The van der Waals surface area contributed by atoms with E-state index in [1.165, 1.54) is 25.7 Å². The minimum absolute atomic E-state index is 0.0183. The van der Waals surface area contributed by atoms with Crippen molar-refractivity contribution >= 4 is 11.7 Å². The van der Waals surface area contributed by atoms with E-state index in [0.29, 0.717) is 5.56 Å². The monoisotopic (exact) mass is 345 g/mol. The number of hydrogen-bond acceptors (Lipinski definition) is 5. The van der Waals surface area contributed by atoms with Crippen LogP contribution in [0.2, 0.25) is 0 Å². The van der Waals surface area contributed by atoms with E-state index >= 15 is 0 Å². The summed E-state index contributed by atoms with van der Waals surface area (Å²) in [4.78, 5) is 21.5. The van der Waals surface area contributed by atoms with Gasteiger partial charge in [0.15, 0.2) is 0 Å². The van der Waals surface area contributed by atoms with Crippen molar-refractivity contribution in [2.75, 3.05) is 57.3 Å². The van der Waals surface area contributed by atoms with Crippen molar-refractivity contribution in [3.8, 4) is 0 Å². The van der Waals surface area contributed by atoms with Gasteiger partial charge in [-0.05, 0) is 37.9 Å². The zero-order chi connectivity index (χ0) is 17.3. The molecule has 0 unspecified atom stereocenters. The number of pyridine rings is 1. The second-order valence-electron chi connectivity index (χ2n) is 7.01. The summed E-state index contributed by atoms with van der Waals surface area (Å²) < 4.78 is 0. The van der Waals surface area contributed by atoms with Crippen LogP contribution in [0.25, 0.3) is 0 Å². The Kier molecular flexibility index (Phi) is 7.06. The molecule has 2 aliphatic heterocycles. The van der Waals surface area contributed by atoms with Gasteiger partial charge in [-0.1, -0.05) is 12.8 Å². The molecule has 2 aliphatic rings. The number of hydrogen-bond donors (Lipinski definition) is 2. The van der Waals surface area contributed by atoms with E-state index in [9.17, 15) is 4.79 Å². The lowest BCUT2D eigenvalue weighted by atomic mass is 10.2. The number of amides is 1. The maximum Gasteiger partial charge on any atom is 0.252 e. The first-order valence-corrected chi connectivity index (χ1v) is 9.75. The normalized spacial score (nSPS) is 19.4. The van der Waals surface area contributed by atoms with E-state index in [1.54, 1.807) is 6.20 Å². The Balaban J connectivity index is 1.40. The topological polar surface area (TPSA) is 60.5 Å². The Bertz CT molecular complexity index is 519. The van der Waals surface area contributed by atoms with Crippen LogP contribution >= 0.6 is 0 Å². The minimum atomic E-state index is -0.0183. The average Bonchev–Trinajstić information content (AvgIpc) is 2.95. The van der Waals surface area contributed by atoms with E-state index in [-0.39, 0.29) is 5.91 Å². The van der Waals surface area contributed by atoms with E-state index in [4.69, 9.17) is 0 Å². The first-order valence-electron chi connectivity index (χ1n) is 9.75. The maximum atomic E-state index is 12.3. The molecule has 1 amide bonds. The van der Waals surface area contributed by atoms with Gasteiger partial charge < -0.3 is 20.4 Å². The van der Waals surface area contributed by atoms with Crippen molar-refractivity contribution in [2.24, 2.45) is 0 Å². The van der Waals surface area contributed by atoms with Gasteiger partial charge in [-0.3, -0.25) is 4.79 Å². The van der Waals surface area contributed by atoms with E-state index in [1.807, 2.05) is 12.1 Å². The molecule has 0 saturated carbocycles. The van der Waals surface area contributed by atoms with Crippen molar-refractivity contribution in [3.63, 3.8) is 0 Å². The molecule has 0 aliphatic carbocycles. The van der Waals surface area contributed by atoms with Crippen LogP contribution in [0.1, 0.15) is 42.5 Å². The number of anilines is 1. The van der Waals surface area contributed by atoms with Crippen molar-refractivity contribution in [2.45, 2.75) is 32.1 Å². The van der Waals surface area contributed by atoms with Gasteiger partial charge in [-0.15, -0.1) is 0 Å². The first kappa shape index (κ1) is 18.1. The predicted octanol–water partition coefficient (Wildman–Crippen LogP) is 1.49. The van der Waals surface area contributed by atoms with E-state index in [2.05, 4.69) is 25.4 Å². The summed E-state index contributed by atoms with van der Waals surface area (Å²) in [6.07, 6.45) is 7.79. The van der Waals surface area contributed by atoms with Crippen LogP contribution in [-0.4, -0.2) is 68.1 Å². The summed E-state index contributed by atoms with van der Waals surface area (Å²) in [5.41, 5.74) is 0.653. The van der Waals surface area contributed by atoms with E-state index in [0.717, 1.165) is 64.6 Å². The van der Waals surface area contributed by atoms with Crippen LogP contribution in [-0.2, 0) is 0 Å². The Hall–Kier alpha value is -1.66. The summed E-state index contributed by atoms with van der Waals surface area (Å²) in [5, 5.41) is 6.37. The standard InChI is InChI=1S/C19H31N5O/c25-19(21-8-5-11-23-14-9-20-10-15-23)17-6-7-18(22-16-17)24-12-3-1-2-4-13-24/h6-7,16,20H,1-5,8-15H2,(H,21,25). The first-order chi connectivity index (χ1) is 12.3. The lowest BCUT2D eigenvalue weighted by Crippen LogP contribution is -2.44. The molecule has 1 aromatic rings. The second kappa shape index (κ2) is 9.73. The van der Waals surface area contributed by atoms with Gasteiger partial charge in [0.05, 0.1) is 5.56 Å². The molecule has 0 radical (unpaired) electrons. The highest BCUT2D eigenvalue weighted by Gasteiger charge is 2.13. The number of carbonyl (C=O) groups is 1. The fourth-order valence-electron chi connectivity index (χ4n) is 3.55. The summed E-state index contributed by atoms with van der Waals surface area (Å²) in [7, 11) is 0. The third-order valence-electron chi connectivity index (χ3n) is 5.09. The molecule has 0 bridgehead atoms. The summed E-state index contributed by atoms with van der Waals surface area (Å²) in [6, 6.07) is 3.89. The van der Waals surface area contributed by atoms with Crippen LogP contribution in [0.15, 0.2) is 18.3 Å². The summed E-state index contributed by atoms with van der Waals surface area (Å²) >= 11 is 0. The second-order valence-corrected chi connectivity index (χ2v) is 7.01. The molecule has 6 nitrogen and oxygen atoms in total. The Labute approximate surface area is 151 Å². The molecule has 0 atom stereocenters. The highest BCUT2D eigenvalue weighted by Crippen LogP contribution is 2.17. The van der Waals surface area contributed by atoms with Crippen LogP contribution in [0, 0.1) is 0 Å². The smallest absolute Gasteiger partial charge is 0.252 e. The van der Waals surface area contributed by atoms with Crippen molar-refractivity contribution in [3.05, 3.63) is 23.9 Å². The largest absolute Gasteiger partial charge is 0.357 e. The molecule has 0 spiro atoms. The summed E-state index contributed by atoms with van der Waals surface area (Å²) in [6.45, 7) is 8.27. The third-order valence-corrected chi connectivity index (χ3v) is 5.09. The fraction of sp³-hybridized carbons (Fsp3) is 0.684. The van der Waals surface area contributed by atoms with Crippen LogP contribution in [0.4, 0.5) is 5.82 Å². The zero-order valence-electron chi connectivity index (χ0n) is 15.2. The Morgan fingerprint density at radius 1 is 1.08 bits per heavy atom. The van der Waals surface area contributed by atoms with Crippen LogP contribution < -0.4 is 15.5 Å². The third kappa shape index (κ3) is 5.68. The molecule has 2 N–H and O–H groups in total. The zero-order valence-corrected chi connectivity index (χ0v) is 15.2. The van der Waals surface area contributed by atoms with Gasteiger partial charge >= 0.3 is 0 Å². The SMILES string of the molecule is O=C(NCCCN1CCNCC1)c1ccc(N2CCCCCC2)nc1. The number of aromatic nitrogens is 1. The molecule has 138 valence electrons. The van der Waals surface area contributed by atoms with Gasteiger partial charge in [0.25, 0.3) is 5.91 Å². The van der Waals surface area contributed by atoms with Gasteiger partial charge in [0, 0.05) is 52.0 Å². The molecule has 1 aromatic heterocycles. The quantitative estimate of drug-likeness (QED) is 0.765. The van der Waals surface area contributed by atoms with Gasteiger partial charge in [-0.2, -0.15) is 0 Å². The predicted molar refractivity (Wildman–Crippen MR) is 101 cm³/mol. The molecule has 3 rings (SSSR count). The molecule has 2 saturated heterocycles. The average molecular weight is 345 g/mol. The van der Waals surface area contributed by atoms with Crippen molar-refractivity contribution < 1.29 is 4.79 Å². The van der Waals surface area contributed by atoms with E-state index < -0.39 is 0 Å². The lowest BCUT2D eigenvalue weighted by Gasteiger charge is -2.27. The lowest BCUT2D eigenvalue weighted by molar-refractivity contribution is 0.0951.